The second kappa shape index (κ2) is 12.8. The van der Waals surface area contributed by atoms with Gasteiger partial charge >= 0.3 is 0 Å². The summed E-state index contributed by atoms with van der Waals surface area (Å²) in [7, 11) is 0. The smallest absolute Gasteiger partial charge is 0.262 e. The van der Waals surface area contributed by atoms with Gasteiger partial charge in [0.05, 0.1) is 29.4 Å². The molecule has 3 aromatic rings. The summed E-state index contributed by atoms with van der Waals surface area (Å²) in [5.41, 5.74) is 2.81. The van der Waals surface area contributed by atoms with Gasteiger partial charge in [-0.05, 0) is 49.4 Å². The van der Waals surface area contributed by atoms with E-state index in [-0.39, 0.29) is 22.8 Å². The summed E-state index contributed by atoms with van der Waals surface area (Å²) in [6.07, 6.45) is 7.09. The second-order valence-corrected chi connectivity index (χ2v) is 11.4. The van der Waals surface area contributed by atoms with Gasteiger partial charge < -0.3 is 15.0 Å². The molecule has 1 saturated heterocycles. The van der Waals surface area contributed by atoms with Crippen molar-refractivity contribution in [3.8, 4) is 0 Å². The van der Waals surface area contributed by atoms with E-state index in [9.17, 15) is 9.59 Å². The lowest BCUT2D eigenvalue weighted by atomic mass is 9.95. The summed E-state index contributed by atoms with van der Waals surface area (Å²) in [5, 5.41) is 4.21. The van der Waals surface area contributed by atoms with Gasteiger partial charge in [-0.3, -0.25) is 14.2 Å². The van der Waals surface area contributed by atoms with Crippen molar-refractivity contribution in [1.29, 1.82) is 0 Å². The number of amides is 1. The predicted molar refractivity (Wildman–Crippen MR) is 154 cm³/mol. The molecule has 2 aliphatic rings. The Kier molecular flexibility index (Phi) is 9.02. The Morgan fingerprint density at radius 1 is 1.11 bits per heavy atom. The molecule has 8 heteroatoms. The van der Waals surface area contributed by atoms with Crippen LogP contribution in [0.25, 0.3) is 10.9 Å². The molecule has 0 spiro atoms. The molecule has 2 fully saturated rings. The first-order valence-electron chi connectivity index (χ1n) is 14.0. The lowest BCUT2D eigenvalue weighted by molar-refractivity contribution is -0.121. The van der Waals surface area contributed by atoms with Crippen molar-refractivity contribution in [3.05, 3.63) is 64.4 Å². The van der Waals surface area contributed by atoms with Crippen LogP contribution in [0.15, 0.2) is 58.5 Å². The second-order valence-electron chi connectivity index (χ2n) is 10.2. The van der Waals surface area contributed by atoms with E-state index >= 15 is 0 Å². The highest BCUT2D eigenvalue weighted by molar-refractivity contribution is 8.00. The standard InChI is InChI=1S/C30H38N4O3S/c1-2-27(28(35)31-23-11-7-4-8-12-23)38-30-32-26-14-13-24(33-17-19-37-20-18-33)21-25(26)29(36)34(30)16-15-22-9-5-3-6-10-22/h3,5-6,9-10,13-14,21,23,27H,2,4,7-8,11-12,15-20H2,1H3,(H,31,35)/t27-/m1/s1. The van der Waals surface area contributed by atoms with E-state index < -0.39 is 0 Å². The maximum Gasteiger partial charge on any atom is 0.262 e. The van der Waals surface area contributed by atoms with E-state index in [0.717, 1.165) is 38.0 Å². The SMILES string of the molecule is CC[C@@H](Sc1nc2ccc(N3CCOCC3)cc2c(=O)n1CCc1ccccc1)C(=O)NC1CCCCC1. The molecule has 1 amide bonds. The van der Waals surface area contributed by atoms with Crippen LogP contribution in [-0.4, -0.2) is 53.1 Å². The summed E-state index contributed by atoms with van der Waals surface area (Å²) in [5.74, 6) is 0.0519. The molecule has 2 aromatic carbocycles. The first-order chi connectivity index (χ1) is 18.6. The number of nitrogens with zero attached hydrogens (tertiary/aromatic N) is 3. The third-order valence-electron chi connectivity index (χ3n) is 7.61. The molecule has 1 aliphatic carbocycles. The van der Waals surface area contributed by atoms with Crippen molar-refractivity contribution >= 4 is 34.3 Å². The van der Waals surface area contributed by atoms with E-state index in [1.807, 2.05) is 43.3 Å². The monoisotopic (exact) mass is 534 g/mol. The molecule has 202 valence electrons. The van der Waals surface area contributed by atoms with Crippen molar-refractivity contribution in [2.24, 2.45) is 0 Å². The molecule has 0 unspecified atom stereocenters. The number of aromatic nitrogens is 2. The van der Waals surface area contributed by atoms with Gasteiger partial charge in [0.1, 0.15) is 0 Å². The van der Waals surface area contributed by atoms with Gasteiger partial charge in [0.2, 0.25) is 5.91 Å². The Labute approximate surface area is 229 Å². The van der Waals surface area contributed by atoms with E-state index in [4.69, 9.17) is 9.72 Å². The number of carbonyl (C=O) groups excluding carboxylic acids is 1. The van der Waals surface area contributed by atoms with E-state index in [1.165, 1.54) is 36.6 Å². The van der Waals surface area contributed by atoms with Gasteiger partial charge in [-0.15, -0.1) is 0 Å². The molecule has 7 nitrogen and oxygen atoms in total. The van der Waals surface area contributed by atoms with Gasteiger partial charge in [0, 0.05) is 31.4 Å². The van der Waals surface area contributed by atoms with Crippen LogP contribution in [0.2, 0.25) is 0 Å². The number of hydrogen-bond donors (Lipinski definition) is 1. The predicted octanol–water partition coefficient (Wildman–Crippen LogP) is 4.80. The van der Waals surface area contributed by atoms with Crippen LogP contribution < -0.4 is 15.8 Å². The number of anilines is 1. The Morgan fingerprint density at radius 2 is 1.87 bits per heavy atom. The first-order valence-corrected chi connectivity index (χ1v) is 14.9. The Hall–Kier alpha value is -2.84. The molecular weight excluding hydrogens is 496 g/mol. The molecule has 1 N–H and O–H groups in total. The molecule has 38 heavy (non-hydrogen) atoms. The summed E-state index contributed by atoms with van der Waals surface area (Å²) >= 11 is 1.42. The van der Waals surface area contributed by atoms with Crippen LogP contribution in [0.5, 0.6) is 0 Å². The van der Waals surface area contributed by atoms with Crippen LogP contribution in [0.1, 0.15) is 51.0 Å². The van der Waals surface area contributed by atoms with E-state index in [0.29, 0.717) is 42.2 Å². The summed E-state index contributed by atoms with van der Waals surface area (Å²) < 4.78 is 7.28. The van der Waals surface area contributed by atoms with Crippen LogP contribution in [0.4, 0.5) is 5.69 Å². The van der Waals surface area contributed by atoms with Crippen LogP contribution in [0.3, 0.4) is 0 Å². The zero-order chi connectivity index (χ0) is 26.3. The third-order valence-corrected chi connectivity index (χ3v) is 8.96. The quantitative estimate of drug-likeness (QED) is 0.314. The Morgan fingerprint density at radius 3 is 2.61 bits per heavy atom. The van der Waals surface area contributed by atoms with Crippen molar-refractivity contribution in [1.82, 2.24) is 14.9 Å². The number of thioether (sulfide) groups is 1. The maximum absolute atomic E-state index is 13.9. The molecule has 0 bridgehead atoms. The van der Waals surface area contributed by atoms with Crippen molar-refractivity contribution in [3.63, 3.8) is 0 Å². The highest BCUT2D eigenvalue weighted by Crippen LogP contribution is 2.28. The fourth-order valence-corrected chi connectivity index (χ4v) is 6.42. The van der Waals surface area contributed by atoms with Crippen LogP contribution in [0, 0.1) is 0 Å². The minimum atomic E-state index is -0.295. The number of fused-ring (bicyclic) bond motifs is 1. The average Bonchev–Trinajstić information content (AvgIpc) is 2.97. The largest absolute Gasteiger partial charge is 0.378 e. The molecule has 0 radical (unpaired) electrons. The number of ether oxygens (including phenoxy) is 1. The highest BCUT2D eigenvalue weighted by atomic mass is 32.2. The fourth-order valence-electron chi connectivity index (χ4n) is 5.37. The van der Waals surface area contributed by atoms with Crippen molar-refractivity contribution in [2.45, 2.75) is 74.9 Å². The minimum absolute atomic E-state index is 0.0499. The molecule has 2 heterocycles. The van der Waals surface area contributed by atoms with E-state index in [2.05, 4.69) is 22.3 Å². The number of aryl methyl sites for hydroxylation is 1. The van der Waals surface area contributed by atoms with Gasteiger partial charge in [-0.2, -0.15) is 0 Å². The fraction of sp³-hybridized carbons (Fsp3) is 0.500. The Balaban J connectivity index is 1.45. The zero-order valence-electron chi connectivity index (χ0n) is 22.2. The lowest BCUT2D eigenvalue weighted by Gasteiger charge is -2.29. The zero-order valence-corrected chi connectivity index (χ0v) is 23.0. The number of benzene rings is 2. The number of morpholine rings is 1. The normalized spacial score (nSPS) is 17.4. The number of hydrogen-bond acceptors (Lipinski definition) is 6. The molecule has 1 aromatic heterocycles. The average molecular weight is 535 g/mol. The molecule has 5 rings (SSSR count). The minimum Gasteiger partial charge on any atom is -0.378 e. The number of rotatable bonds is 9. The van der Waals surface area contributed by atoms with Crippen LogP contribution >= 0.6 is 11.8 Å². The molecule has 1 saturated carbocycles. The maximum atomic E-state index is 13.9. The summed E-state index contributed by atoms with van der Waals surface area (Å²) in [4.78, 5) is 34.4. The van der Waals surface area contributed by atoms with Crippen LogP contribution in [-0.2, 0) is 22.5 Å². The molecule has 1 atom stereocenters. The number of carbonyl (C=O) groups is 1. The molecular formula is C30H38N4O3S. The van der Waals surface area contributed by atoms with E-state index in [1.54, 1.807) is 4.57 Å². The van der Waals surface area contributed by atoms with Crippen molar-refractivity contribution in [2.75, 3.05) is 31.2 Å². The van der Waals surface area contributed by atoms with Crippen molar-refractivity contribution < 1.29 is 9.53 Å². The lowest BCUT2D eigenvalue weighted by Crippen LogP contribution is -2.41. The summed E-state index contributed by atoms with van der Waals surface area (Å²) in [6.45, 7) is 5.53. The highest BCUT2D eigenvalue weighted by Gasteiger charge is 2.25. The first kappa shape index (κ1) is 26.8. The van der Waals surface area contributed by atoms with Gasteiger partial charge in [-0.1, -0.05) is 68.3 Å². The summed E-state index contributed by atoms with van der Waals surface area (Å²) in [6, 6.07) is 16.4. The van der Waals surface area contributed by atoms with Gasteiger partial charge in [0.15, 0.2) is 5.16 Å². The Bertz CT molecular complexity index is 1280. The third kappa shape index (κ3) is 6.41. The van der Waals surface area contributed by atoms with Gasteiger partial charge in [-0.25, -0.2) is 4.98 Å². The molecule has 1 aliphatic heterocycles. The van der Waals surface area contributed by atoms with Gasteiger partial charge in [0.25, 0.3) is 5.56 Å². The topological polar surface area (TPSA) is 76.5 Å². The number of nitrogens with one attached hydrogen (secondary N) is 1.